The zero-order valence-electron chi connectivity index (χ0n) is 21.6. The molecular formula is C24H34Cl2F3NO5SSi. The highest BCUT2D eigenvalue weighted by atomic mass is 35.5. The summed E-state index contributed by atoms with van der Waals surface area (Å²) in [5.74, 6) is -1.02. The van der Waals surface area contributed by atoms with Crippen molar-refractivity contribution in [2.24, 2.45) is 5.92 Å². The van der Waals surface area contributed by atoms with Crippen LogP contribution in [0.2, 0.25) is 28.2 Å². The third kappa shape index (κ3) is 6.95. The summed E-state index contributed by atoms with van der Waals surface area (Å²) in [6.07, 6.45) is 4.58. The SMILES string of the molecule is CC(C)(C)[Si](C)(C)OC1CCC(N2CC[C@@H](Cc3c(Cl)cc(OS(=O)(=O)C(F)(F)F)cc3Cl)C2=O)CC1. The first-order valence-corrected chi connectivity index (χ1v) is 17.4. The van der Waals surface area contributed by atoms with Gasteiger partial charge in [-0.25, -0.2) is 0 Å². The molecule has 1 atom stereocenters. The number of hydrogen-bond donors (Lipinski definition) is 0. The lowest BCUT2D eigenvalue weighted by Gasteiger charge is -2.42. The second-order valence-electron chi connectivity index (χ2n) is 11.4. The largest absolute Gasteiger partial charge is 0.534 e. The Morgan fingerprint density at radius 2 is 1.57 bits per heavy atom. The molecule has 2 fully saturated rings. The Morgan fingerprint density at radius 1 is 1.03 bits per heavy atom. The number of amides is 1. The van der Waals surface area contributed by atoms with E-state index in [1.807, 2.05) is 4.90 Å². The number of hydrogen-bond acceptors (Lipinski definition) is 5. The number of benzene rings is 1. The molecule has 0 unspecified atom stereocenters. The summed E-state index contributed by atoms with van der Waals surface area (Å²) in [5, 5.41) is 0.0189. The van der Waals surface area contributed by atoms with E-state index in [-0.39, 0.29) is 45.5 Å². The molecule has 210 valence electrons. The van der Waals surface area contributed by atoms with E-state index in [4.69, 9.17) is 27.6 Å². The van der Waals surface area contributed by atoms with Gasteiger partial charge in [-0.05, 0) is 62.2 Å². The Labute approximate surface area is 228 Å². The predicted molar refractivity (Wildman–Crippen MR) is 140 cm³/mol. The average Bonchev–Trinajstić information content (AvgIpc) is 3.09. The normalized spacial score (nSPS) is 24.0. The number of halogens is 5. The van der Waals surface area contributed by atoms with Crippen molar-refractivity contribution >= 4 is 47.5 Å². The van der Waals surface area contributed by atoms with Crippen LogP contribution in [0.5, 0.6) is 5.75 Å². The Balaban J connectivity index is 1.61. The second-order valence-corrected chi connectivity index (χ2v) is 18.5. The Morgan fingerprint density at radius 3 is 2.05 bits per heavy atom. The summed E-state index contributed by atoms with van der Waals surface area (Å²) >= 11 is 12.4. The topological polar surface area (TPSA) is 72.9 Å². The fourth-order valence-corrected chi connectivity index (χ4v) is 7.11. The van der Waals surface area contributed by atoms with Crippen molar-refractivity contribution in [3.05, 3.63) is 27.7 Å². The van der Waals surface area contributed by atoms with Crippen LogP contribution in [0.4, 0.5) is 13.2 Å². The third-order valence-corrected chi connectivity index (χ3v) is 13.9. The van der Waals surface area contributed by atoms with Gasteiger partial charge in [-0.15, -0.1) is 0 Å². The lowest BCUT2D eigenvalue weighted by atomic mass is 9.92. The van der Waals surface area contributed by atoms with E-state index in [2.05, 4.69) is 38.0 Å². The van der Waals surface area contributed by atoms with Crippen molar-refractivity contribution in [1.29, 1.82) is 0 Å². The third-order valence-electron chi connectivity index (χ3n) is 7.76. The minimum absolute atomic E-state index is 0.000809. The van der Waals surface area contributed by atoms with Crippen LogP contribution in [0.25, 0.3) is 0 Å². The number of carbonyl (C=O) groups is 1. The molecule has 1 aromatic carbocycles. The smallest absolute Gasteiger partial charge is 0.414 e. The molecule has 37 heavy (non-hydrogen) atoms. The molecule has 1 heterocycles. The fraction of sp³-hybridized carbons (Fsp3) is 0.708. The first-order valence-electron chi connectivity index (χ1n) is 12.3. The Kier molecular flexibility index (Phi) is 8.96. The van der Waals surface area contributed by atoms with Crippen LogP contribution >= 0.6 is 23.2 Å². The van der Waals surface area contributed by atoms with E-state index < -0.39 is 29.7 Å². The van der Waals surface area contributed by atoms with Gasteiger partial charge in [0, 0.05) is 46.8 Å². The van der Waals surface area contributed by atoms with Gasteiger partial charge in [0.1, 0.15) is 5.75 Å². The second kappa shape index (κ2) is 10.9. The van der Waals surface area contributed by atoms with Gasteiger partial charge in [0.15, 0.2) is 8.32 Å². The maximum Gasteiger partial charge on any atom is 0.534 e. The zero-order valence-corrected chi connectivity index (χ0v) is 25.0. The molecule has 1 aliphatic carbocycles. The van der Waals surface area contributed by atoms with Crippen LogP contribution < -0.4 is 4.18 Å². The van der Waals surface area contributed by atoms with Crippen molar-refractivity contribution in [3.63, 3.8) is 0 Å². The summed E-state index contributed by atoms with van der Waals surface area (Å²) in [5.41, 5.74) is -5.22. The molecule has 0 bridgehead atoms. The van der Waals surface area contributed by atoms with Crippen molar-refractivity contribution in [2.45, 2.75) is 95.1 Å². The lowest BCUT2D eigenvalue weighted by Crippen LogP contribution is -2.47. The minimum Gasteiger partial charge on any atom is -0.414 e. The van der Waals surface area contributed by atoms with Gasteiger partial charge < -0.3 is 13.5 Å². The van der Waals surface area contributed by atoms with Gasteiger partial charge in [0.25, 0.3) is 0 Å². The predicted octanol–water partition coefficient (Wildman–Crippen LogP) is 6.95. The average molecular weight is 605 g/mol. The Hall–Kier alpha value is -1.01. The summed E-state index contributed by atoms with van der Waals surface area (Å²) in [6.45, 7) is 11.8. The van der Waals surface area contributed by atoms with E-state index in [0.717, 1.165) is 37.8 Å². The molecule has 0 N–H and O–H groups in total. The number of nitrogens with zero attached hydrogens (tertiary/aromatic N) is 1. The highest BCUT2D eigenvalue weighted by Gasteiger charge is 2.49. The minimum atomic E-state index is -5.85. The molecule has 1 aliphatic heterocycles. The van der Waals surface area contributed by atoms with Crippen LogP contribution in [-0.4, -0.2) is 51.7 Å². The van der Waals surface area contributed by atoms with Gasteiger partial charge in [-0.2, -0.15) is 21.6 Å². The first-order chi connectivity index (χ1) is 16.8. The molecule has 3 rings (SSSR count). The number of rotatable bonds is 7. The van der Waals surface area contributed by atoms with E-state index in [0.29, 0.717) is 18.5 Å². The standard InChI is InChI=1S/C24H34Cl2F3NO5SSi/c1-23(2,3)37(4,5)35-17-8-6-16(7-9-17)30-11-10-15(22(30)31)12-19-20(25)13-18(14-21(19)26)34-36(32,33)24(27,28)29/h13-17H,6-12H2,1-5H3/t15-,16?,17?/m0/s1. The van der Waals surface area contributed by atoms with Gasteiger partial charge in [0.05, 0.1) is 0 Å². The summed E-state index contributed by atoms with van der Waals surface area (Å²) in [4.78, 5) is 15.1. The molecule has 2 aliphatic rings. The van der Waals surface area contributed by atoms with Crippen LogP contribution in [0, 0.1) is 5.92 Å². The number of alkyl halides is 3. The molecule has 0 radical (unpaired) electrons. The van der Waals surface area contributed by atoms with E-state index in [1.54, 1.807) is 0 Å². The first kappa shape index (κ1) is 30.5. The maximum absolute atomic E-state index is 13.2. The van der Waals surface area contributed by atoms with Crippen LogP contribution in [0.3, 0.4) is 0 Å². The maximum atomic E-state index is 13.2. The summed E-state index contributed by atoms with van der Waals surface area (Å²) in [6, 6.07) is 2.07. The fourth-order valence-electron chi connectivity index (χ4n) is 4.63. The van der Waals surface area contributed by atoms with Crippen molar-refractivity contribution in [2.75, 3.05) is 6.54 Å². The summed E-state index contributed by atoms with van der Waals surface area (Å²) in [7, 11) is -7.71. The number of carbonyl (C=O) groups excluding carboxylic acids is 1. The molecule has 0 aromatic heterocycles. The summed E-state index contributed by atoms with van der Waals surface area (Å²) < 4.78 is 71.1. The number of likely N-dealkylation sites (tertiary alicyclic amines) is 1. The van der Waals surface area contributed by atoms with E-state index >= 15 is 0 Å². The highest BCUT2D eigenvalue weighted by Crippen LogP contribution is 2.41. The van der Waals surface area contributed by atoms with Crippen LogP contribution in [0.1, 0.15) is 58.4 Å². The highest BCUT2D eigenvalue weighted by molar-refractivity contribution is 7.88. The monoisotopic (exact) mass is 603 g/mol. The lowest BCUT2D eigenvalue weighted by molar-refractivity contribution is -0.133. The molecule has 1 saturated carbocycles. The molecular weight excluding hydrogens is 570 g/mol. The zero-order chi connectivity index (χ0) is 28.0. The van der Waals surface area contributed by atoms with Gasteiger partial charge >= 0.3 is 15.6 Å². The molecule has 1 amide bonds. The van der Waals surface area contributed by atoms with E-state index in [1.165, 1.54) is 0 Å². The van der Waals surface area contributed by atoms with Gasteiger partial charge in [0.2, 0.25) is 5.91 Å². The molecule has 1 saturated heterocycles. The van der Waals surface area contributed by atoms with Gasteiger partial charge in [-0.1, -0.05) is 44.0 Å². The molecule has 13 heteroatoms. The van der Waals surface area contributed by atoms with Gasteiger partial charge in [-0.3, -0.25) is 4.79 Å². The van der Waals surface area contributed by atoms with Crippen LogP contribution in [-0.2, 0) is 25.8 Å². The van der Waals surface area contributed by atoms with E-state index in [9.17, 15) is 26.4 Å². The van der Waals surface area contributed by atoms with Crippen LogP contribution in [0.15, 0.2) is 12.1 Å². The quantitative estimate of drug-likeness (QED) is 0.192. The Bertz CT molecular complexity index is 1090. The van der Waals surface area contributed by atoms with Crippen molar-refractivity contribution < 1.29 is 35.0 Å². The van der Waals surface area contributed by atoms with Crippen molar-refractivity contribution in [3.8, 4) is 5.75 Å². The molecule has 6 nitrogen and oxygen atoms in total. The molecule has 1 aromatic rings. The molecule has 0 spiro atoms. The van der Waals surface area contributed by atoms with Crippen molar-refractivity contribution in [1.82, 2.24) is 4.90 Å².